The molecule has 108 valence electrons. The number of anilines is 1. The van der Waals surface area contributed by atoms with Crippen molar-refractivity contribution in [2.45, 2.75) is 0 Å². The van der Waals surface area contributed by atoms with Gasteiger partial charge >= 0.3 is 0 Å². The SMILES string of the molecule is CN(C)C(=O)c1ccc([N+](=O)[O-])c(N2CC(CO)C2)c1. The van der Waals surface area contributed by atoms with Crippen molar-refractivity contribution in [2.75, 3.05) is 38.7 Å². The van der Waals surface area contributed by atoms with Crippen LogP contribution in [0.5, 0.6) is 0 Å². The van der Waals surface area contributed by atoms with Gasteiger partial charge in [0.25, 0.3) is 11.6 Å². The number of aliphatic hydroxyl groups is 1. The number of nitrogens with zero attached hydrogens (tertiary/aromatic N) is 3. The Bertz CT molecular complexity index is 538. The Labute approximate surface area is 116 Å². The van der Waals surface area contributed by atoms with Gasteiger partial charge in [0, 0.05) is 51.3 Å². The maximum absolute atomic E-state index is 11.9. The van der Waals surface area contributed by atoms with Crippen molar-refractivity contribution in [3.63, 3.8) is 0 Å². The van der Waals surface area contributed by atoms with E-state index in [1.54, 1.807) is 20.2 Å². The molecule has 7 nitrogen and oxygen atoms in total. The fourth-order valence-corrected chi connectivity index (χ4v) is 2.20. The molecule has 1 heterocycles. The Kier molecular flexibility index (Phi) is 3.89. The largest absolute Gasteiger partial charge is 0.396 e. The first kappa shape index (κ1) is 14.3. The lowest BCUT2D eigenvalue weighted by Crippen LogP contribution is -2.48. The second kappa shape index (κ2) is 5.46. The third kappa shape index (κ3) is 2.57. The number of amides is 1. The number of nitro benzene ring substituents is 1. The molecular weight excluding hydrogens is 262 g/mol. The lowest BCUT2D eigenvalue weighted by atomic mass is 9.99. The van der Waals surface area contributed by atoms with E-state index >= 15 is 0 Å². The first-order chi connectivity index (χ1) is 9.43. The average Bonchev–Trinajstić information content (AvgIpc) is 2.36. The van der Waals surface area contributed by atoms with Gasteiger partial charge < -0.3 is 14.9 Å². The summed E-state index contributed by atoms with van der Waals surface area (Å²) in [4.78, 5) is 25.8. The molecule has 0 spiro atoms. The Morgan fingerprint density at radius 1 is 1.50 bits per heavy atom. The van der Waals surface area contributed by atoms with Crippen molar-refractivity contribution in [1.82, 2.24) is 4.90 Å². The van der Waals surface area contributed by atoms with E-state index in [9.17, 15) is 14.9 Å². The van der Waals surface area contributed by atoms with E-state index in [4.69, 9.17) is 5.11 Å². The number of rotatable bonds is 4. The zero-order chi connectivity index (χ0) is 14.9. The second-order valence-corrected chi connectivity index (χ2v) is 5.11. The molecule has 1 saturated heterocycles. The number of hydrogen-bond donors (Lipinski definition) is 1. The zero-order valence-electron chi connectivity index (χ0n) is 11.4. The van der Waals surface area contributed by atoms with Crippen LogP contribution in [0.4, 0.5) is 11.4 Å². The quantitative estimate of drug-likeness (QED) is 0.648. The van der Waals surface area contributed by atoms with Gasteiger partial charge in [-0.25, -0.2) is 0 Å². The molecule has 0 atom stereocenters. The summed E-state index contributed by atoms with van der Waals surface area (Å²) in [5.41, 5.74) is 0.840. The molecular formula is C13H17N3O4. The van der Waals surface area contributed by atoms with Crippen molar-refractivity contribution in [1.29, 1.82) is 0 Å². The Balaban J connectivity index is 2.33. The minimum absolute atomic E-state index is 0.0169. The number of carbonyl (C=O) groups excluding carboxylic acids is 1. The molecule has 1 aliphatic heterocycles. The zero-order valence-corrected chi connectivity index (χ0v) is 11.4. The molecule has 0 unspecified atom stereocenters. The molecule has 0 aliphatic carbocycles. The third-order valence-corrected chi connectivity index (χ3v) is 3.38. The van der Waals surface area contributed by atoms with Crippen molar-refractivity contribution in [3.05, 3.63) is 33.9 Å². The third-order valence-electron chi connectivity index (χ3n) is 3.38. The van der Waals surface area contributed by atoms with Gasteiger partial charge in [-0.3, -0.25) is 14.9 Å². The van der Waals surface area contributed by atoms with Crippen LogP contribution in [0.1, 0.15) is 10.4 Å². The van der Waals surface area contributed by atoms with Crippen LogP contribution < -0.4 is 4.90 Å². The van der Waals surface area contributed by atoms with Crippen LogP contribution in [0.15, 0.2) is 18.2 Å². The molecule has 2 rings (SSSR count). The standard InChI is InChI=1S/C13H17N3O4/c1-14(2)13(18)10-3-4-11(16(19)20)12(5-10)15-6-9(7-15)8-17/h3-5,9,17H,6-8H2,1-2H3. The molecule has 0 aromatic heterocycles. The summed E-state index contributed by atoms with van der Waals surface area (Å²) in [5, 5.41) is 20.1. The summed E-state index contributed by atoms with van der Waals surface area (Å²) in [7, 11) is 3.27. The second-order valence-electron chi connectivity index (χ2n) is 5.11. The molecule has 7 heteroatoms. The van der Waals surface area contributed by atoms with E-state index < -0.39 is 4.92 Å². The van der Waals surface area contributed by atoms with Crippen molar-refractivity contribution in [3.8, 4) is 0 Å². The fourth-order valence-electron chi connectivity index (χ4n) is 2.20. The van der Waals surface area contributed by atoms with Crippen LogP contribution in [0.2, 0.25) is 0 Å². The van der Waals surface area contributed by atoms with E-state index in [1.807, 2.05) is 4.90 Å². The van der Waals surface area contributed by atoms with Crippen molar-refractivity contribution >= 4 is 17.3 Å². The molecule has 0 bridgehead atoms. The predicted molar refractivity (Wildman–Crippen MR) is 73.9 cm³/mol. The highest BCUT2D eigenvalue weighted by molar-refractivity contribution is 5.95. The smallest absolute Gasteiger partial charge is 0.292 e. The molecule has 1 N–H and O–H groups in total. The average molecular weight is 279 g/mol. The minimum atomic E-state index is -0.453. The normalized spacial score (nSPS) is 14.8. The monoisotopic (exact) mass is 279 g/mol. The van der Waals surface area contributed by atoms with Crippen LogP contribution >= 0.6 is 0 Å². The van der Waals surface area contributed by atoms with Gasteiger partial charge in [0.15, 0.2) is 0 Å². The van der Waals surface area contributed by atoms with Crippen molar-refractivity contribution in [2.24, 2.45) is 5.92 Å². The van der Waals surface area contributed by atoms with E-state index in [0.717, 1.165) is 0 Å². The lowest BCUT2D eigenvalue weighted by molar-refractivity contribution is -0.384. The molecule has 1 fully saturated rings. The Morgan fingerprint density at radius 3 is 2.65 bits per heavy atom. The van der Waals surface area contributed by atoms with Crippen molar-refractivity contribution < 1.29 is 14.8 Å². The number of carbonyl (C=O) groups is 1. The van der Waals surface area contributed by atoms with Crippen LogP contribution in [-0.2, 0) is 0 Å². The van der Waals surface area contributed by atoms with Gasteiger partial charge in [-0.1, -0.05) is 0 Å². The number of aliphatic hydroxyl groups excluding tert-OH is 1. The van der Waals surface area contributed by atoms with Gasteiger partial charge in [0.2, 0.25) is 0 Å². The van der Waals surface area contributed by atoms with Gasteiger partial charge in [-0.05, 0) is 12.1 Å². The summed E-state index contributed by atoms with van der Waals surface area (Å²) in [5.74, 6) is -0.0526. The molecule has 20 heavy (non-hydrogen) atoms. The highest BCUT2D eigenvalue weighted by atomic mass is 16.6. The number of hydrogen-bond acceptors (Lipinski definition) is 5. The van der Waals surface area contributed by atoms with E-state index in [1.165, 1.54) is 17.0 Å². The Morgan fingerprint density at radius 2 is 2.15 bits per heavy atom. The molecule has 0 radical (unpaired) electrons. The lowest BCUT2D eigenvalue weighted by Gasteiger charge is -2.39. The predicted octanol–water partition coefficient (Wildman–Crippen LogP) is 0.725. The number of benzene rings is 1. The molecule has 0 saturated carbocycles. The Hall–Kier alpha value is -2.15. The summed E-state index contributed by atoms with van der Waals surface area (Å²) in [6.45, 7) is 1.20. The number of nitro groups is 1. The first-order valence-electron chi connectivity index (χ1n) is 6.30. The first-order valence-corrected chi connectivity index (χ1v) is 6.30. The highest BCUT2D eigenvalue weighted by Crippen LogP contribution is 2.34. The van der Waals surface area contributed by atoms with Gasteiger partial charge in [0.05, 0.1) is 4.92 Å². The summed E-state index contributed by atoms with van der Waals surface area (Å²) >= 11 is 0. The maximum Gasteiger partial charge on any atom is 0.292 e. The van der Waals surface area contributed by atoms with Crippen LogP contribution in [0.3, 0.4) is 0 Å². The van der Waals surface area contributed by atoms with Gasteiger partial charge in [0.1, 0.15) is 5.69 Å². The van der Waals surface area contributed by atoms with E-state index in [0.29, 0.717) is 24.3 Å². The van der Waals surface area contributed by atoms with Crippen LogP contribution in [-0.4, -0.2) is 54.6 Å². The van der Waals surface area contributed by atoms with E-state index in [-0.39, 0.29) is 24.1 Å². The summed E-state index contributed by atoms with van der Waals surface area (Å²) in [6.07, 6.45) is 0. The molecule has 1 aromatic carbocycles. The maximum atomic E-state index is 11.9. The minimum Gasteiger partial charge on any atom is -0.396 e. The molecule has 1 aliphatic rings. The molecule has 1 aromatic rings. The molecule has 1 amide bonds. The fraction of sp³-hybridized carbons (Fsp3) is 0.462. The van der Waals surface area contributed by atoms with Crippen LogP contribution in [0, 0.1) is 16.0 Å². The summed E-state index contributed by atoms with van der Waals surface area (Å²) in [6, 6.07) is 4.37. The highest BCUT2D eigenvalue weighted by Gasteiger charge is 2.31. The van der Waals surface area contributed by atoms with Crippen LogP contribution in [0.25, 0.3) is 0 Å². The van der Waals surface area contributed by atoms with Gasteiger partial charge in [-0.15, -0.1) is 0 Å². The summed E-state index contributed by atoms with van der Waals surface area (Å²) < 4.78 is 0. The van der Waals surface area contributed by atoms with E-state index in [2.05, 4.69) is 0 Å². The topological polar surface area (TPSA) is 86.9 Å². The van der Waals surface area contributed by atoms with Gasteiger partial charge in [-0.2, -0.15) is 0 Å².